The summed E-state index contributed by atoms with van der Waals surface area (Å²) in [5, 5.41) is 2.77. The average molecular weight is 392 g/mol. The van der Waals surface area contributed by atoms with Gasteiger partial charge in [-0.05, 0) is 73.7 Å². The molecule has 0 aliphatic rings. The van der Waals surface area contributed by atoms with E-state index in [1.165, 1.54) is 12.1 Å². The zero-order valence-corrected chi connectivity index (χ0v) is 16.7. The topological polar surface area (TPSA) is 75.3 Å². The number of carbonyl (C=O) groups excluding carboxylic acids is 1. The molecule has 1 atom stereocenters. The number of hydrogen-bond donors (Lipinski definition) is 2. The Morgan fingerprint density at radius 3 is 2.22 bits per heavy atom. The van der Waals surface area contributed by atoms with Crippen LogP contribution in [0.2, 0.25) is 0 Å². The van der Waals surface area contributed by atoms with Gasteiger partial charge in [-0.2, -0.15) is 4.72 Å². The van der Waals surface area contributed by atoms with Crippen LogP contribution in [0.1, 0.15) is 31.4 Å². The maximum Gasteiger partial charge on any atom is 0.242 e. The first-order valence-corrected chi connectivity index (χ1v) is 10.2. The van der Waals surface area contributed by atoms with Crippen molar-refractivity contribution in [3.63, 3.8) is 0 Å². The molecule has 0 saturated heterocycles. The van der Waals surface area contributed by atoms with Crippen molar-refractivity contribution < 1.29 is 17.6 Å². The first-order valence-electron chi connectivity index (χ1n) is 8.74. The molecule has 0 aromatic heterocycles. The summed E-state index contributed by atoms with van der Waals surface area (Å²) < 4.78 is 40.7. The molecular formula is C20H25FN2O3S. The molecule has 0 heterocycles. The van der Waals surface area contributed by atoms with Gasteiger partial charge in [0.05, 0.1) is 4.90 Å². The van der Waals surface area contributed by atoms with E-state index in [0.717, 1.165) is 23.3 Å². The van der Waals surface area contributed by atoms with Gasteiger partial charge in [0, 0.05) is 5.69 Å². The van der Waals surface area contributed by atoms with Gasteiger partial charge in [0.2, 0.25) is 15.9 Å². The summed E-state index contributed by atoms with van der Waals surface area (Å²) in [5.74, 6) is -0.866. The van der Waals surface area contributed by atoms with E-state index in [1.54, 1.807) is 6.07 Å². The minimum absolute atomic E-state index is 0.0864. The summed E-state index contributed by atoms with van der Waals surface area (Å²) in [6.45, 7) is 7.72. The van der Waals surface area contributed by atoms with Crippen LogP contribution < -0.4 is 10.0 Å². The molecule has 2 aromatic carbocycles. The molecule has 146 valence electrons. The number of amides is 1. The number of halogens is 1. The molecule has 27 heavy (non-hydrogen) atoms. The lowest BCUT2D eigenvalue weighted by Crippen LogP contribution is -2.44. The number of sulfonamides is 1. The van der Waals surface area contributed by atoms with E-state index in [-0.39, 0.29) is 10.8 Å². The average Bonchev–Trinajstić information content (AvgIpc) is 2.57. The van der Waals surface area contributed by atoms with Gasteiger partial charge in [0.15, 0.2) is 0 Å². The van der Waals surface area contributed by atoms with Crippen LogP contribution in [0.4, 0.5) is 10.1 Å². The number of carbonyl (C=O) groups is 1. The van der Waals surface area contributed by atoms with Crippen LogP contribution in [0.5, 0.6) is 0 Å². The number of hydrogen-bond acceptors (Lipinski definition) is 3. The second kappa shape index (κ2) is 8.63. The zero-order chi connectivity index (χ0) is 20.2. The molecule has 0 aliphatic heterocycles. The number of nitrogens with one attached hydrogen (secondary N) is 2. The van der Waals surface area contributed by atoms with Crippen molar-refractivity contribution in [1.29, 1.82) is 0 Å². The Balaban J connectivity index is 2.21. The highest BCUT2D eigenvalue weighted by atomic mass is 32.2. The molecule has 0 aliphatic carbocycles. The third-order valence-electron chi connectivity index (χ3n) is 4.22. The molecular weight excluding hydrogens is 367 g/mol. The van der Waals surface area contributed by atoms with Crippen LogP contribution in [-0.4, -0.2) is 20.4 Å². The van der Waals surface area contributed by atoms with Crippen molar-refractivity contribution in [2.75, 3.05) is 5.32 Å². The summed E-state index contributed by atoms with van der Waals surface area (Å²) >= 11 is 0. The van der Waals surface area contributed by atoms with Gasteiger partial charge in [0.25, 0.3) is 0 Å². The van der Waals surface area contributed by atoms with Gasteiger partial charge < -0.3 is 5.32 Å². The van der Waals surface area contributed by atoms with Crippen LogP contribution in [0.3, 0.4) is 0 Å². The highest BCUT2D eigenvalue weighted by Gasteiger charge is 2.26. The van der Waals surface area contributed by atoms with E-state index in [0.29, 0.717) is 12.1 Å². The summed E-state index contributed by atoms with van der Waals surface area (Å²) in [7, 11) is -3.95. The molecule has 1 amide bonds. The van der Waals surface area contributed by atoms with Crippen molar-refractivity contribution in [3.05, 3.63) is 59.4 Å². The fraction of sp³-hybridized carbons (Fsp3) is 0.350. The van der Waals surface area contributed by atoms with Gasteiger partial charge in [-0.25, -0.2) is 12.8 Å². The quantitative estimate of drug-likeness (QED) is 0.753. The first kappa shape index (κ1) is 21.1. The van der Waals surface area contributed by atoms with E-state index in [2.05, 4.69) is 10.0 Å². The van der Waals surface area contributed by atoms with Crippen LogP contribution >= 0.6 is 0 Å². The largest absolute Gasteiger partial charge is 0.325 e. The Labute approximate surface area is 160 Å². The second-order valence-corrected chi connectivity index (χ2v) is 8.76. The fourth-order valence-electron chi connectivity index (χ4n) is 2.60. The summed E-state index contributed by atoms with van der Waals surface area (Å²) in [4.78, 5) is 12.6. The molecule has 0 fully saturated rings. The van der Waals surface area contributed by atoms with Crippen molar-refractivity contribution >= 4 is 21.6 Å². The van der Waals surface area contributed by atoms with E-state index < -0.39 is 27.8 Å². The Morgan fingerprint density at radius 2 is 1.67 bits per heavy atom. The second-order valence-electron chi connectivity index (χ2n) is 7.05. The maximum atomic E-state index is 13.1. The molecule has 2 aromatic rings. The molecule has 0 bridgehead atoms. The molecule has 0 spiro atoms. The number of aryl methyl sites for hydroxylation is 2. The minimum atomic E-state index is -3.95. The minimum Gasteiger partial charge on any atom is -0.325 e. The monoisotopic (exact) mass is 392 g/mol. The third-order valence-corrected chi connectivity index (χ3v) is 5.71. The van der Waals surface area contributed by atoms with E-state index in [9.17, 15) is 17.6 Å². The smallest absolute Gasteiger partial charge is 0.242 e. The Bertz CT molecular complexity index is 909. The predicted octanol–water partition coefficient (Wildman–Crippen LogP) is 3.77. The molecule has 0 saturated carbocycles. The van der Waals surface area contributed by atoms with Crippen LogP contribution in [0.25, 0.3) is 0 Å². The number of anilines is 1. The van der Waals surface area contributed by atoms with E-state index >= 15 is 0 Å². The van der Waals surface area contributed by atoms with Crippen LogP contribution in [0.15, 0.2) is 47.4 Å². The predicted molar refractivity (Wildman–Crippen MR) is 105 cm³/mol. The Hall–Kier alpha value is -2.25. The molecule has 2 N–H and O–H groups in total. The number of rotatable bonds is 7. The summed E-state index contributed by atoms with van der Waals surface area (Å²) in [6, 6.07) is 9.06. The lowest BCUT2D eigenvalue weighted by atomic mass is 10.0. The maximum absolute atomic E-state index is 13.1. The molecule has 1 unspecified atom stereocenters. The van der Waals surface area contributed by atoms with E-state index in [1.807, 2.05) is 39.8 Å². The molecule has 7 heteroatoms. The Kier molecular flexibility index (Phi) is 6.73. The molecule has 0 radical (unpaired) electrons. The summed E-state index contributed by atoms with van der Waals surface area (Å²) in [6.07, 6.45) is 0.330. The van der Waals surface area contributed by atoms with Gasteiger partial charge in [-0.1, -0.05) is 19.9 Å². The normalized spacial score (nSPS) is 12.8. The van der Waals surface area contributed by atoms with Gasteiger partial charge in [-0.3, -0.25) is 4.79 Å². The number of benzene rings is 2. The van der Waals surface area contributed by atoms with Gasteiger partial charge in [0.1, 0.15) is 11.9 Å². The van der Waals surface area contributed by atoms with Gasteiger partial charge in [-0.15, -0.1) is 0 Å². The fourth-order valence-corrected chi connectivity index (χ4v) is 3.81. The van der Waals surface area contributed by atoms with E-state index in [4.69, 9.17) is 0 Å². The third kappa shape index (κ3) is 5.87. The lowest BCUT2D eigenvalue weighted by molar-refractivity contribution is -0.118. The zero-order valence-electron chi connectivity index (χ0n) is 15.9. The van der Waals surface area contributed by atoms with Crippen molar-refractivity contribution in [2.45, 2.75) is 45.1 Å². The highest BCUT2D eigenvalue weighted by Crippen LogP contribution is 2.17. The first-order chi connectivity index (χ1) is 12.6. The SMILES string of the molecule is Cc1ccc(NC(=O)C(CC(C)C)NS(=O)(=O)c2ccc(F)cc2)cc1C. The molecule has 2 rings (SSSR count). The van der Waals surface area contributed by atoms with Gasteiger partial charge >= 0.3 is 0 Å². The van der Waals surface area contributed by atoms with Crippen molar-refractivity contribution in [2.24, 2.45) is 5.92 Å². The van der Waals surface area contributed by atoms with Crippen LogP contribution in [-0.2, 0) is 14.8 Å². The summed E-state index contributed by atoms with van der Waals surface area (Å²) in [5.41, 5.74) is 2.74. The van der Waals surface area contributed by atoms with Crippen molar-refractivity contribution in [3.8, 4) is 0 Å². The molecule has 5 nitrogen and oxygen atoms in total. The van der Waals surface area contributed by atoms with Crippen LogP contribution in [0, 0.1) is 25.6 Å². The van der Waals surface area contributed by atoms with Crippen molar-refractivity contribution in [1.82, 2.24) is 4.72 Å². The Morgan fingerprint density at radius 1 is 1.04 bits per heavy atom. The highest BCUT2D eigenvalue weighted by molar-refractivity contribution is 7.89. The standard InChI is InChI=1S/C20H25FN2O3S/c1-13(2)11-19(20(24)22-17-8-5-14(3)15(4)12-17)23-27(25,26)18-9-6-16(21)7-10-18/h5-10,12-13,19,23H,11H2,1-4H3,(H,22,24). The lowest BCUT2D eigenvalue weighted by Gasteiger charge is -2.20.